The highest BCUT2D eigenvalue weighted by atomic mass is 32.2. The van der Waals surface area contributed by atoms with E-state index in [1.807, 2.05) is 48.5 Å². The maximum absolute atomic E-state index is 13.3. The number of hydrogen-bond acceptors (Lipinski definition) is 6. The van der Waals surface area contributed by atoms with E-state index in [1.54, 1.807) is 16.7 Å². The van der Waals surface area contributed by atoms with Crippen LogP contribution in [0.4, 0.5) is 5.69 Å². The number of carbonyl (C=O) groups is 1. The van der Waals surface area contributed by atoms with Gasteiger partial charge < -0.3 is 5.32 Å². The normalized spacial score (nSPS) is 10.8. The molecule has 2 aromatic carbocycles. The average molecular weight is 489 g/mol. The van der Waals surface area contributed by atoms with Gasteiger partial charge in [-0.05, 0) is 42.2 Å². The van der Waals surface area contributed by atoms with E-state index in [2.05, 4.69) is 18.3 Å². The van der Waals surface area contributed by atoms with Gasteiger partial charge >= 0.3 is 0 Å². The molecule has 0 radical (unpaired) electrons. The predicted molar refractivity (Wildman–Crippen MR) is 139 cm³/mol. The maximum Gasteiger partial charge on any atom is 0.262 e. The highest BCUT2D eigenvalue weighted by Gasteiger charge is 2.16. The molecule has 0 fully saturated rings. The van der Waals surface area contributed by atoms with Gasteiger partial charge in [0.25, 0.3) is 5.56 Å². The zero-order chi connectivity index (χ0) is 23.9. The lowest BCUT2D eigenvalue weighted by Gasteiger charge is -2.12. The first-order valence-corrected chi connectivity index (χ1v) is 12.8. The van der Waals surface area contributed by atoms with Gasteiger partial charge in [-0.3, -0.25) is 14.2 Å². The Morgan fingerprint density at radius 3 is 2.62 bits per heavy atom. The van der Waals surface area contributed by atoms with E-state index >= 15 is 0 Å². The molecule has 172 valence electrons. The Hall–Kier alpha value is -3.41. The predicted octanol–water partition coefficient (Wildman–Crippen LogP) is 5.06. The van der Waals surface area contributed by atoms with Gasteiger partial charge in [-0.2, -0.15) is 5.26 Å². The molecule has 0 saturated carbocycles. The van der Waals surface area contributed by atoms with Crippen molar-refractivity contribution in [2.75, 3.05) is 11.1 Å². The maximum atomic E-state index is 13.3. The number of thiophene rings is 1. The van der Waals surface area contributed by atoms with E-state index in [0.717, 1.165) is 22.4 Å². The minimum atomic E-state index is -0.178. The minimum Gasteiger partial charge on any atom is -0.325 e. The fourth-order valence-electron chi connectivity index (χ4n) is 3.54. The molecule has 1 amide bonds. The van der Waals surface area contributed by atoms with Crippen molar-refractivity contribution in [1.82, 2.24) is 9.55 Å². The summed E-state index contributed by atoms with van der Waals surface area (Å²) in [4.78, 5) is 32.5. The van der Waals surface area contributed by atoms with E-state index in [1.165, 1.54) is 23.1 Å². The molecule has 0 aliphatic rings. The smallest absolute Gasteiger partial charge is 0.262 e. The second kappa shape index (κ2) is 11.1. The first-order valence-electron chi connectivity index (χ1n) is 11.0. The standard InChI is InChI=1S/C26H24N4O2S2/c1-2-21-16-22-24(34-21)29-26(30(25(22)32)15-13-18-6-4-3-5-7-18)33-17-23(31)28-20-10-8-19(9-11-20)12-14-27/h3-11,16H,2,12-13,15,17H2,1H3,(H,28,31). The van der Waals surface area contributed by atoms with Crippen LogP contribution >= 0.6 is 23.1 Å². The van der Waals surface area contributed by atoms with Crippen LogP contribution in [0.3, 0.4) is 0 Å². The number of thioether (sulfide) groups is 1. The number of rotatable bonds is 9. The van der Waals surface area contributed by atoms with Gasteiger partial charge in [-0.25, -0.2) is 4.98 Å². The van der Waals surface area contributed by atoms with Gasteiger partial charge in [0.05, 0.1) is 23.6 Å². The quantitative estimate of drug-likeness (QED) is 0.263. The number of amides is 1. The van der Waals surface area contributed by atoms with Crippen molar-refractivity contribution < 1.29 is 4.79 Å². The molecule has 0 saturated heterocycles. The zero-order valence-electron chi connectivity index (χ0n) is 18.8. The molecule has 2 aromatic heterocycles. The minimum absolute atomic E-state index is 0.0622. The topological polar surface area (TPSA) is 87.8 Å². The third kappa shape index (κ3) is 5.74. The third-order valence-corrected chi connectivity index (χ3v) is 7.49. The number of carbonyl (C=O) groups excluding carboxylic acids is 1. The van der Waals surface area contributed by atoms with E-state index in [4.69, 9.17) is 10.2 Å². The number of nitrogens with one attached hydrogen (secondary N) is 1. The van der Waals surface area contributed by atoms with Gasteiger partial charge in [-0.15, -0.1) is 11.3 Å². The molecule has 2 heterocycles. The fourth-order valence-corrected chi connectivity index (χ4v) is 5.37. The van der Waals surface area contributed by atoms with Gasteiger partial charge in [-0.1, -0.05) is 61.2 Å². The number of aryl methyl sites for hydroxylation is 2. The van der Waals surface area contributed by atoms with Gasteiger partial charge in [0.15, 0.2) is 5.16 Å². The molecule has 0 atom stereocenters. The Morgan fingerprint density at radius 2 is 1.91 bits per heavy atom. The van der Waals surface area contributed by atoms with E-state index in [0.29, 0.717) is 40.4 Å². The molecule has 0 aliphatic heterocycles. The summed E-state index contributed by atoms with van der Waals surface area (Å²) in [5.41, 5.74) is 2.65. The number of aromatic nitrogens is 2. The zero-order valence-corrected chi connectivity index (χ0v) is 20.4. The monoisotopic (exact) mass is 488 g/mol. The first-order chi connectivity index (χ1) is 16.6. The summed E-state index contributed by atoms with van der Waals surface area (Å²) in [6, 6.07) is 21.3. The third-order valence-electron chi connectivity index (χ3n) is 5.34. The summed E-state index contributed by atoms with van der Waals surface area (Å²) < 4.78 is 1.69. The summed E-state index contributed by atoms with van der Waals surface area (Å²) in [6.45, 7) is 2.55. The number of anilines is 1. The van der Waals surface area contributed by atoms with E-state index in [-0.39, 0.29) is 17.2 Å². The molecule has 4 aromatic rings. The largest absolute Gasteiger partial charge is 0.325 e. The lowest BCUT2D eigenvalue weighted by molar-refractivity contribution is -0.113. The average Bonchev–Trinajstić information content (AvgIpc) is 3.28. The summed E-state index contributed by atoms with van der Waals surface area (Å²) in [5.74, 6) is -0.0442. The van der Waals surface area contributed by atoms with Crippen molar-refractivity contribution in [1.29, 1.82) is 5.26 Å². The van der Waals surface area contributed by atoms with E-state index < -0.39 is 0 Å². The number of nitrogens with zero attached hydrogens (tertiary/aromatic N) is 3. The Morgan fingerprint density at radius 1 is 1.15 bits per heavy atom. The molecule has 6 nitrogen and oxygen atoms in total. The van der Waals surface area contributed by atoms with Crippen LogP contribution in [0.2, 0.25) is 0 Å². The van der Waals surface area contributed by atoms with Crippen LogP contribution < -0.4 is 10.9 Å². The van der Waals surface area contributed by atoms with Crippen LogP contribution in [-0.4, -0.2) is 21.2 Å². The molecule has 34 heavy (non-hydrogen) atoms. The van der Waals surface area contributed by atoms with Crippen molar-refractivity contribution in [2.24, 2.45) is 0 Å². The second-order valence-electron chi connectivity index (χ2n) is 7.74. The van der Waals surface area contributed by atoms with Crippen molar-refractivity contribution in [3.05, 3.63) is 87.0 Å². The van der Waals surface area contributed by atoms with Crippen molar-refractivity contribution in [3.63, 3.8) is 0 Å². The van der Waals surface area contributed by atoms with Crippen LogP contribution in [0.5, 0.6) is 0 Å². The molecule has 0 bridgehead atoms. The first kappa shape index (κ1) is 23.7. The molecule has 0 unspecified atom stereocenters. The fraction of sp³-hybridized carbons (Fsp3) is 0.231. The number of fused-ring (bicyclic) bond motifs is 1. The molecule has 4 rings (SSSR count). The summed E-state index contributed by atoms with van der Waals surface area (Å²) in [6.07, 6.45) is 1.89. The Balaban J connectivity index is 1.52. The van der Waals surface area contributed by atoms with Crippen LogP contribution in [0.25, 0.3) is 10.2 Å². The molecule has 1 N–H and O–H groups in total. The Kier molecular flexibility index (Phi) is 7.78. The highest BCUT2D eigenvalue weighted by molar-refractivity contribution is 7.99. The Bertz CT molecular complexity index is 1390. The lowest BCUT2D eigenvalue weighted by Crippen LogP contribution is -2.24. The van der Waals surface area contributed by atoms with Crippen LogP contribution in [-0.2, 0) is 30.6 Å². The molecule has 8 heteroatoms. The highest BCUT2D eigenvalue weighted by Crippen LogP contribution is 2.25. The molecular weight excluding hydrogens is 464 g/mol. The second-order valence-corrected chi connectivity index (χ2v) is 9.80. The molecular formula is C26H24N4O2S2. The molecule has 0 aliphatic carbocycles. The summed E-state index contributed by atoms with van der Waals surface area (Å²) in [7, 11) is 0. The van der Waals surface area contributed by atoms with Crippen molar-refractivity contribution >= 4 is 44.9 Å². The SMILES string of the molecule is CCc1cc2c(=O)n(CCc3ccccc3)c(SCC(=O)Nc3ccc(CC#N)cc3)nc2s1. The van der Waals surface area contributed by atoms with E-state index in [9.17, 15) is 9.59 Å². The number of nitriles is 1. The van der Waals surface area contributed by atoms with Gasteiger partial charge in [0, 0.05) is 17.1 Å². The van der Waals surface area contributed by atoms with Crippen LogP contribution in [0, 0.1) is 11.3 Å². The van der Waals surface area contributed by atoms with Gasteiger partial charge in [0.2, 0.25) is 5.91 Å². The summed E-state index contributed by atoms with van der Waals surface area (Å²) >= 11 is 2.80. The van der Waals surface area contributed by atoms with Gasteiger partial charge in [0.1, 0.15) is 4.83 Å². The lowest BCUT2D eigenvalue weighted by atomic mass is 10.1. The van der Waals surface area contributed by atoms with Crippen molar-refractivity contribution in [2.45, 2.75) is 37.9 Å². The summed E-state index contributed by atoms with van der Waals surface area (Å²) in [5, 5.41) is 12.8. The Labute approximate surface area is 206 Å². The number of benzene rings is 2. The number of hydrogen-bond donors (Lipinski definition) is 1. The van der Waals surface area contributed by atoms with Crippen LogP contribution in [0.1, 0.15) is 22.9 Å². The van der Waals surface area contributed by atoms with Crippen molar-refractivity contribution in [3.8, 4) is 6.07 Å². The van der Waals surface area contributed by atoms with Crippen LogP contribution in [0.15, 0.2) is 70.6 Å². The molecule has 0 spiro atoms.